The van der Waals surface area contributed by atoms with Crippen LogP contribution in [0.2, 0.25) is 0 Å². The first-order chi connectivity index (χ1) is 14.1. The standard InChI is InChI=1S/C24H26N2O3/c1-17-13-14-22(29-3)20(15-17)26-24(27)23(18-9-5-4-6-10-18)25-16-19-11-7-8-12-21(19)28-2/h4-15,23,25H,16H2,1-3H3,(H,26,27)/p+1/t23-/m1/s1. The SMILES string of the molecule is COc1ccccc1C[NH2+][C@@H](C(=O)Nc1cc(C)ccc1OC)c1ccccc1. The molecule has 0 radical (unpaired) electrons. The molecule has 0 aliphatic rings. The number of methoxy groups -OCH3 is 2. The second-order valence-corrected chi connectivity index (χ2v) is 6.83. The van der Waals surface area contributed by atoms with Crippen LogP contribution < -0.4 is 20.1 Å². The smallest absolute Gasteiger partial charge is 0.287 e. The minimum Gasteiger partial charge on any atom is -0.496 e. The maximum atomic E-state index is 13.2. The zero-order valence-corrected chi connectivity index (χ0v) is 17.0. The van der Waals surface area contributed by atoms with Gasteiger partial charge in [0.05, 0.1) is 19.9 Å². The number of benzene rings is 3. The summed E-state index contributed by atoms with van der Waals surface area (Å²) in [4.78, 5) is 13.2. The third-order valence-corrected chi connectivity index (χ3v) is 4.82. The summed E-state index contributed by atoms with van der Waals surface area (Å²) in [6.07, 6.45) is 0. The Balaban J connectivity index is 1.84. The van der Waals surface area contributed by atoms with E-state index < -0.39 is 6.04 Å². The van der Waals surface area contributed by atoms with Crippen LogP contribution in [0, 0.1) is 6.92 Å². The van der Waals surface area contributed by atoms with E-state index >= 15 is 0 Å². The second kappa shape index (κ2) is 9.75. The molecular formula is C24H27N2O3+. The van der Waals surface area contributed by atoms with Crippen molar-refractivity contribution in [3.05, 3.63) is 89.5 Å². The van der Waals surface area contributed by atoms with Crippen molar-refractivity contribution in [2.45, 2.75) is 19.5 Å². The lowest BCUT2D eigenvalue weighted by molar-refractivity contribution is -0.697. The van der Waals surface area contributed by atoms with E-state index in [1.807, 2.05) is 85.0 Å². The summed E-state index contributed by atoms with van der Waals surface area (Å²) in [5.41, 5.74) is 3.70. The van der Waals surface area contributed by atoms with Crippen LogP contribution in [0.4, 0.5) is 5.69 Å². The molecule has 0 spiro atoms. The highest BCUT2D eigenvalue weighted by Crippen LogP contribution is 2.26. The van der Waals surface area contributed by atoms with Gasteiger partial charge in [0.25, 0.3) is 5.91 Å². The van der Waals surface area contributed by atoms with Crippen molar-refractivity contribution in [3.8, 4) is 11.5 Å². The van der Waals surface area contributed by atoms with Crippen molar-refractivity contribution >= 4 is 11.6 Å². The third-order valence-electron chi connectivity index (χ3n) is 4.82. The average Bonchev–Trinajstić information content (AvgIpc) is 2.75. The first-order valence-electron chi connectivity index (χ1n) is 9.58. The lowest BCUT2D eigenvalue weighted by Crippen LogP contribution is -2.85. The molecule has 0 aliphatic heterocycles. The Morgan fingerprint density at radius 2 is 1.62 bits per heavy atom. The van der Waals surface area contributed by atoms with Gasteiger partial charge in [-0.15, -0.1) is 0 Å². The minimum absolute atomic E-state index is 0.102. The zero-order valence-electron chi connectivity index (χ0n) is 17.0. The highest BCUT2D eigenvalue weighted by Gasteiger charge is 2.25. The number of aryl methyl sites for hydroxylation is 1. The van der Waals surface area contributed by atoms with Crippen molar-refractivity contribution in [2.24, 2.45) is 0 Å². The summed E-state index contributed by atoms with van der Waals surface area (Å²) < 4.78 is 10.9. The maximum Gasteiger partial charge on any atom is 0.287 e. The van der Waals surface area contributed by atoms with Crippen LogP contribution in [0.15, 0.2) is 72.8 Å². The molecule has 0 bridgehead atoms. The van der Waals surface area contributed by atoms with Crippen molar-refractivity contribution in [3.63, 3.8) is 0 Å². The van der Waals surface area contributed by atoms with Gasteiger partial charge in [-0.1, -0.05) is 48.5 Å². The van der Waals surface area contributed by atoms with Gasteiger partial charge in [0.1, 0.15) is 18.0 Å². The summed E-state index contributed by atoms with van der Waals surface area (Å²) in [7, 11) is 3.26. The molecule has 1 atom stereocenters. The molecule has 29 heavy (non-hydrogen) atoms. The maximum absolute atomic E-state index is 13.2. The van der Waals surface area contributed by atoms with Crippen LogP contribution in [-0.4, -0.2) is 20.1 Å². The number of rotatable bonds is 8. The fraction of sp³-hybridized carbons (Fsp3) is 0.208. The number of anilines is 1. The van der Waals surface area contributed by atoms with Gasteiger partial charge in [0.2, 0.25) is 0 Å². The van der Waals surface area contributed by atoms with Gasteiger partial charge >= 0.3 is 0 Å². The number of para-hydroxylation sites is 1. The van der Waals surface area contributed by atoms with Crippen LogP contribution >= 0.6 is 0 Å². The number of amides is 1. The molecule has 0 saturated heterocycles. The third kappa shape index (κ3) is 5.15. The first kappa shape index (κ1) is 20.4. The number of hydrogen-bond donors (Lipinski definition) is 2. The van der Waals surface area contributed by atoms with E-state index in [9.17, 15) is 4.79 Å². The van der Waals surface area contributed by atoms with Crippen LogP contribution in [-0.2, 0) is 11.3 Å². The van der Waals surface area contributed by atoms with Gasteiger partial charge in [-0.25, -0.2) is 0 Å². The van der Waals surface area contributed by atoms with Crippen molar-refractivity contribution in [2.75, 3.05) is 19.5 Å². The summed E-state index contributed by atoms with van der Waals surface area (Å²) in [6, 6.07) is 22.9. The number of nitrogens with one attached hydrogen (secondary N) is 1. The van der Waals surface area contributed by atoms with Gasteiger partial charge in [-0.3, -0.25) is 4.79 Å². The quantitative estimate of drug-likeness (QED) is 0.618. The van der Waals surface area contributed by atoms with Gasteiger partial charge in [-0.2, -0.15) is 0 Å². The Kier molecular flexibility index (Phi) is 6.87. The Bertz CT molecular complexity index is 957. The number of ether oxygens (including phenoxy) is 2. The molecule has 5 nitrogen and oxygen atoms in total. The number of nitrogens with two attached hydrogens (primary N) is 1. The summed E-state index contributed by atoms with van der Waals surface area (Å²) in [5, 5.41) is 5.06. The molecule has 1 amide bonds. The van der Waals surface area contributed by atoms with E-state index in [-0.39, 0.29) is 5.91 Å². The summed E-state index contributed by atoms with van der Waals surface area (Å²) >= 11 is 0. The van der Waals surface area contributed by atoms with Gasteiger partial charge in [-0.05, 0) is 36.8 Å². The minimum atomic E-state index is -0.411. The molecule has 0 heterocycles. The number of quaternary nitrogens is 1. The van der Waals surface area contributed by atoms with E-state index in [0.717, 1.165) is 22.4 Å². The van der Waals surface area contributed by atoms with E-state index in [2.05, 4.69) is 5.32 Å². The lowest BCUT2D eigenvalue weighted by Gasteiger charge is -2.18. The zero-order chi connectivity index (χ0) is 20.6. The predicted octanol–water partition coefficient (Wildman–Crippen LogP) is 3.46. The van der Waals surface area contributed by atoms with Gasteiger partial charge < -0.3 is 20.1 Å². The molecule has 150 valence electrons. The highest BCUT2D eigenvalue weighted by molar-refractivity contribution is 5.95. The molecule has 3 rings (SSSR count). The molecule has 0 saturated carbocycles. The van der Waals surface area contributed by atoms with Crippen LogP contribution in [0.3, 0.4) is 0 Å². The van der Waals surface area contributed by atoms with Gasteiger partial charge in [0, 0.05) is 11.1 Å². The predicted molar refractivity (Wildman–Crippen MR) is 114 cm³/mol. The van der Waals surface area contributed by atoms with E-state index in [4.69, 9.17) is 9.47 Å². The van der Waals surface area contributed by atoms with E-state index in [1.165, 1.54) is 0 Å². The van der Waals surface area contributed by atoms with Crippen LogP contribution in [0.5, 0.6) is 11.5 Å². The second-order valence-electron chi connectivity index (χ2n) is 6.83. The molecule has 0 aromatic heterocycles. The van der Waals surface area contributed by atoms with Crippen molar-refractivity contribution in [1.82, 2.24) is 0 Å². The molecule has 0 aliphatic carbocycles. The number of hydrogen-bond acceptors (Lipinski definition) is 3. The molecule has 5 heteroatoms. The molecular weight excluding hydrogens is 364 g/mol. The van der Waals surface area contributed by atoms with Crippen molar-refractivity contribution in [1.29, 1.82) is 0 Å². The first-order valence-corrected chi connectivity index (χ1v) is 9.58. The topological polar surface area (TPSA) is 64.2 Å². The molecule has 3 N–H and O–H groups in total. The Labute approximate surface area is 171 Å². The largest absolute Gasteiger partial charge is 0.496 e. The summed E-state index contributed by atoms with van der Waals surface area (Å²) in [6.45, 7) is 2.60. The number of carbonyl (C=O) groups excluding carboxylic acids is 1. The van der Waals surface area contributed by atoms with E-state index in [1.54, 1.807) is 14.2 Å². The fourth-order valence-corrected chi connectivity index (χ4v) is 3.30. The fourth-order valence-electron chi connectivity index (χ4n) is 3.30. The Morgan fingerprint density at radius 1 is 0.931 bits per heavy atom. The van der Waals surface area contributed by atoms with Crippen LogP contribution in [0.1, 0.15) is 22.7 Å². The Hall–Kier alpha value is -3.31. The normalized spacial score (nSPS) is 11.6. The van der Waals surface area contributed by atoms with Gasteiger partial charge in [0.15, 0.2) is 6.04 Å². The molecule has 0 fully saturated rings. The highest BCUT2D eigenvalue weighted by atomic mass is 16.5. The average molecular weight is 391 g/mol. The number of carbonyl (C=O) groups is 1. The lowest BCUT2D eigenvalue weighted by atomic mass is 10.0. The Morgan fingerprint density at radius 3 is 2.34 bits per heavy atom. The molecule has 0 unspecified atom stereocenters. The summed E-state index contributed by atoms with van der Waals surface area (Å²) in [5.74, 6) is 1.35. The van der Waals surface area contributed by atoms with Crippen molar-refractivity contribution < 1.29 is 19.6 Å². The van der Waals surface area contributed by atoms with Crippen LogP contribution in [0.25, 0.3) is 0 Å². The molecule has 3 aromatic rings. The monoisotopic (exact) mass is 391 g/mol. The van der Waals surface area contributed by atoms with E-state index in [0.29, 0.717) is 18.0 Å². The molecule has 3 aromatic carbocycles.